The molecule has 0 spiro atoms. The molecule has 2 unspecified atom stereocenters. The molecule has 1 amide bonds. The molecule has 2 N–H and O–H groups in total. The maximum atomic E-state index is 13.5. The van der Waals surface area contributed by atoms with Gasteiger partial charge in [0.15, 0.2) is 0 Å². The minimum Gasteiger partial charge on any atom is -0.385 e. The van der Waals surface area contributed by atoms with Crippen LogP contribution in [0, 0.1) is 5.82 Å². The second-order valence-corrected chi connectivity index (χ2v) is 5.11. The van der Waals surface area contributed by atoms with Crippen LogP contribution in [0.5, 0.6) is 0 Å². The van der Waals surface area contributed by atoms with Crippen LogP contribution in [0.2, 0.25) is 5.02 Å². The summed E-state index contributed by atoms with van der Waals surface area (Å²) in [6.45, 7) is 2.21. The van der Waals surface area contributed by atoms with Gasteiger partial charge in [-0.3, -0.25) is 4.79 Å². The van der Waals surface area contributed by atoms with Crippen molar-refractivity contribution in [3.05, 3.63) is 34.6 Å². The number of ether oxygens (including phenoxy) is 1. The van der Waals surface area contributed by atoms with Crippen LogP contribution in [0.15, 0.2) is 18.2 Å². The fourth-order valence-electron chi connectivity index (χ4n) is 2.01. The molecular formula is C13H15ClFNO3. The van der Waals surface area contributed by atoms with Crippen molar-refractivity contribution in [3.8, 4) is 0 Å². The summed E-state index contributed by atoms with van der Waals surface area (Å²) < 4.78 is 18.8. The molecule has 104 valence electrons. The average molecular weight is 288 g/mol. The molecule has 2 rings (SSSR count). The molecule has 6 heteroatoms. The Labute approximate surface area is 115 Å². The van der Waals surface area contributed by atoms with E-state index >= 15 is 0 Å². The zero-order valence-electron chi connectivity index (χ0n) is 10.5. The summed E-state index contributed by atoms with van der Waals surface area (Å²) in [7, 11) is 0. The van der Waals surface area contributed by atoms with Crippen molar-refractivity contribution in [2.24, 2.45) is 0 Å². The fraction of sp³-hybridized carbons (Fsp3) is 0.462. The summed E-state index contributed by atoms with van der Waals surface area (Å²) in [5, 5.41) is 13.0. The van der Waals surface area contributed by atoms with Gasteiger partial charge in [-0.1, -0.05) is 11.6 Å². The zero-order valence-corrected chi connectivity index (χ0v) is 11.2. The van der Waals surface area contributed by atoms with E-state index < -0.39 is 17.3 Å². The van der Waals surface area contributed by atoms with Gasteiger partial charge in [-0.05, 0) is 25.1 Å². The average Bonchev–Trinajstić information content (AvgIpc) is 2.67. The molecule has 0 bridgehead atoms. The number of carbonyl (C=O) groups excluding carboxylic acids is 1. The van der Waals surface area contributed by atoms with E-state index in [-0.39, 0.29) is 23.2 Å². The van der Waals surface area contributed by atoms with E-state index in [1.165, 1.54) is 12.1 Å². The Hall–Kier alpha value is -1.17. The number of benzene rings is 1. The molecule has 1 aromatic carbocycles. The topological polar surface area (TPSA) is 58.6 Å². The van der Waals surface area contributed by atoms with E-state index in [4.69, 9.17) is 16.3 Å². The lowest BCUT2D eigenvalue weighted by molar-refractivity contribution is -0.0251. The summed E-state index contributed by atoms with van der Waals surface area (Å²) in [5.41, 5.74) is -1.20. The number of carbonyl (C=O) groups is 1. The highest BCUT2D eigenvalue weighted by atomic mass is 35.5. The molecule has 1 aliphatic heterocycles. The number of aliphatic hydroxyl groups is 1. The molecule has 1 heterocycles. The molecule has 4 nitrogen and oxygen atoms in total. The molecule has 2 atom stereocenters. The van der Waals surface area contributed by atoms with Gasteiger partial charge >= 0.3 is 0 Å². The van der Waals surface area contributed by atoms with E-state index in [0.717, 1.165) is 6.07 Å². The first-order valence-corrected chi connectivity index (χ1v) is 6.37. The summed E-state index contributed by atoms with van der Waals surface area (Å²) in [6.07, 6.45) is 0.0836. The van der Waals surface area contributed by atoms with E-state index in [0.29, 0.717) is 13.0 Å². The van der Waals surface area contributed by atoms with Crippen LogP contribution in [-0.2, 0) is 4.74 Å². The van der Waals surface area contributed by atoms with Crippen molar-refractivity contribution < 1.29 is 19.0 Å². The van der Waals surface area contributed by atoms with Crippen molar-refractivity contribution >= 4 is 17.5 Å². The van der Waals surface area contributed by atoms with E-state index in [1.54, 1.807) is 6.92 Å². The highest BCUT2D eigenvalue weighted by Gasteiger charge is 2.39. The number of amides is 1. The van der Waals surface area contributed by atoms with Crippen LogP contribution >= 0.6 is 11.6 Å². The van der Waals surface area contributed by atoms with Gasteiger partial charge < -0.3 is 15.2 Å². The van der Waals surface area contributed by atoms with Crippen molar-refractivity contribution in [2.75, 3.05) is 13.2 Å². The molecule has 1 saturated heterocycles. The van der Waals surface area contributed by atoms with Crippen LogP contribution in [0.25, 0.3) is 0 Å². The summed E-state index contributed by atoms with van der Waals surface area (Å²) >= 11 is 5.62. The Morgan fingerprint density at radius 1 is 1.68 bits per heavy atom. The molecule has 0 radical (unpaired) electrons. The predicted molar refractivity (Wildman–Crippen MR) is 68.7 cm³/mol. The van der Waals surface area contributed by atoms with Gasteiger partial charge in [0, 0.05) is 24.6 Å². The third-order valence-corrected chi connectivity index (χ3v) is 3.63. The molecule has 1 fully saturated rings. The highest BCUT2D eigenvalue weighted by molar-refractivity contribution is 6.30. The van der Waals surface area contributed by atoms with Crippen molar-refractivity contribution in [3.63, 3.8) is 0 Å². The second-order valence-electron chi connectivity index (χ2n) is 4.67. The number of nitrogens with one attached hydrogen (secondary N) is 1. The minimum absolute atomic E-state index is 0.0229. The molecule has 1 aromatic rings. The molecule has 0 aliphatic carbocycles. The highest BCUT2D eigenvalue weighted by Crippen LogP contribution is 2.25. The quantitative estimate of drug-likeness (QED) is 0.890. The maximum Gasteiger partial charge on any atom is 0.254 e. The maximum absolute atomic E-state index is 13.5. The van der Waals surface area contributed by atoms with Gasteiger partial charge in [-0.25, -0.2) is 4.39 Å². The van der Waals surface area contributed by atoms with Gasteiger partial charge in [0.05, 0.1) is 11.7 Å². The Bertz CT molecular complexity index is 497. The third-order valence-electron chi connectivity index (χ3n) is 3.39. The second kappa shape index (κ2) is 5.45. The monoisotopic (exact) mass is 287 g/mol. The first kappa shape index (κ1) is 14.2. The van der Waals surface area contributed by atoms with Crippen LogP contribution in [-0.4, -0.2) is 35.9 Å². The van der Waals surface area contributed by atoms with Gasteiger partial charge in [-0.15, -0.1) is 0 Å². The lowest BCUT2D eigenvalue weighted by Crippen LogP contribution is -2.47. The predicted octanol–water partition coefficient (Wildman–Crippen LogP) is 1.75. The largest absolute Gasteiger partial charge is 0.385 e. The smallest absolute Gasteiger partial charge is 0.254 e. The molecule has 19 heavy (non-hydrogen) atoms. The molecule has 0 saturated carbocycles. The van der Waals surface area contributed by atoms with E-state index in [2.05, 4.69) is 5.32 Å². The standard InChI is InChI=1S/C13H15ClFNO3/c1-8-13(18,4-5-19-8)7-16-12(17)10-3-2-9(14)6-11(10)15/h2-3,6,8,18H,4-5,7H2,1H3,(H,16,17). The lowest BCUT2D eigenvalue weighted by Gasteiger charge is -2.26. The third kappa shape index (κ3) is 3.05. The Balaban J connectivity index is 2.02. The van der Waals surface area contributed by atoms with Crippen LogP contribution in [0.4, 0.5) is 4.39 Å². The molecule has 0 aromatic heterocycles. The summed E-state index contributed by atoms with van der Waals surface area (Å²) in [4.78, 5) is 11.8. The number of hydrogen-bond acceptors (Lipinski definition) is 3. The lowest BCUT2D eigenvalue weighted by atomic mass is 9.96. The summed E-state index contributed by atoms with van der Waals surface area (Å²) in [5.74, 6) is -1.27. The van der Waals surface area contributed by atoms with Crippen molar-refractivity contribution in [1.82, 2.24) is 5.32 Å². The first-order valence-electron chi connectivity index (χ1n) is 5.99. The number of hydrogen-bond donors (Lipinski definition) is 2. The molecule has 1 aliphatic rings. The normalized spacial score (nSPS) is 26.4. The fourth-order valence-corrected chi connectivity index (χ4v) is 2.16. The van der Waals surface area contributed by atoms with E-state index in [9.17, 15) is 14.3 Å². The van der Waals surface area contributed by atoms with Gasteiger partial charge in [0.2, 0.25) is 0 Å². The zero-order chi connectivity index (χ0) is 14.0. The Morgan fingerprint density at radius 3 is 3.00 bits per heavy atom. The van der Waals surface area contributed by atoms with Crippen LogP contribution in [0.1, 0.15) is 23.7 Å². The number of halogens is 2. The molecular weight excluding hydrogens is 273 g/mol. The van der Waals surface area contributed by atoms with Gasteiger partial charge in [-0.2, -0.15) is 0 Å². The van der Waals surface area contributed by atoms with E-state index in [1.807, 2.05) is 0 Å². The van der Waals surface area contributed by atoms with Crippen LogP contribution < -0.4 is 5.32 Å². The van der Waals surface area contributed by atoms with Crippen molar-refractivity contribution in [2.45, 2.75) is 25.0 Å². The summed E-state index contributed by atoms with van der Waals surface area (Å²) in [6, 6.07) is 3.83. The SMILES string of the molecule is CC1OCCC1(O)CNC(=O)c1ccc(Cl)cc1F. The Kier molecular flexibility index (Phi) is 4.08. The van der Waals surface area contributed by atoms with Crippen LogP contribution in [0.3, 0.4) is 0 Å². The minimum atomic E-state index is -1.10. The van der Waals surface area contributed by atoms with Gasteiger partial charge in [0.25, 0.3) is 5.91 Å². The van der Waals surface area contributed by atoms with Gasteiger partial charge in [0.1, 0.15) is 11.4 Å². The number of rotatable bonds is 3. The first-order chi connectivity index (χ1) is 8.92. The Morgan fingerprint density at radius 2 is 2.42 bits per heavy atom. The van der Waals surface area contributed by atoms with Crippen molar-refractivity contribution in [1.29, 1.82) is 0 Å².